The van der Waals surface area contributed by atoms with Crippen molar-refractivity contribution in [3.63, 3.8) is 0 Å². The van der Waals surface area contributed by atoms with Gasteiger partial charge in [-0.2, -0.15) is 4.57 Å². The zero-order valence-electron chi connectivity index (χ0n) is 11.1. The molecule has 0 aliphatic rings. The van der Waals surface area contributed by atoms with E-state index in [-0.39, 0.29) is 11.4 Å². The third-order valence-electron chi connectivity index (χ3n) is 3.13. The molecule has 0 spiro atoms. The van der Waals surface area contributed by atoms with Gasteiger partial charge in [0, 0.05) is 17.7 Å². The largest absolute Gasteiger partial charge is 0.345 e. The maximum absolute atomic E-state index is 11.9. The zero-order chi connectivity index (χ0) is 12.7. The lowest BCUT2D eigenvalue weighted by Gasteiger charge is -2.28. The standard InChI is InChI=1S/C14H22N2O/c1-4-9-14(3,5-2)15-13(17)12-16-10-7-6-8-11-16/h6-8,10-11H,4-5,9,12H2,1-3H3/p+1. The number of amides is 1. The van der Waals surface area contributed by atoms with Crippen molar-refractivity contribution in [2.75, 3.05) is 0 Å². The molecule has 94 valence electrons. The number of rotatable bonds is 6. The Labute approximate surface area is 104 Å². The zero-order valence-corrected chi connectivity index (χ0v) is 11.1. The molecule has 1 heterocycles. The van der Waals surface area contributed by atoms with Crippen LogP contribution in [0.1, 0.15) is 40.0 Å². The number of aromatic nitrogens is 1. The highest BCUT2D eigenvalue weighted by Gasteiger charge is 2.24. The van der Waals surface area contributed by atoms with E-state index in [1.807, 2.05) is 35.2 Å². The van der Waals surface area contributed by atoms with E-state index in [1.54, 1.807) is 0 Å². The maximum Gasteiger partial charge on any atom is 0.286 e. The van der Waals surface area contributed by atoms with E-state index in [0.29, 0.717) is 6.54 Å². The number of carbonyl (C=O) groups excluding carboxylic acids is 1. The Bertz CT molecular complexity index is 350. The lowest BCUT2D eigenvalue weighted by atomic mass is 9.93. The summed E-state index contributed by atoms with van der Waals surface area (Å²) in [7, 11) is 0. The minimum absolute atomic E-state index is 0.0683. The van der Waals surface area contributed by atoms with Crippen LogP contribution in [-0.2, 0) is 11.3 Å². The van der Waals surface area contributed by atoms with Crippen molar-refractivity contribution in [1.82, 2.24) is 5.32 Å². The molecule has 0 radical (unpaired) electrons. The Morgan fingerprint density at radius 3 is 2.41 bits per heavy atom. The summed E-state index contributed by atoms with van der Waals surface area (Å²) in [5.74, 6) is 0.0824. The molecule has 3 heteroatoms. The molecule has 0 saturated heterocycles. The van der Waals surface area contributed by atoms with E-state index < -0.39 is 0 Å². The average Bonchev–Trinajstić information content (AvgIpc) is 2.30. The summed E-state index contributed by atoms with van der Waals surface area (Å²) in [4.78, 5) is 11.9. The molecule has 1 N–H and O–H groups in total. The summed E-state index contributed by atoms with van der Waals surface area (Å²) in [6.45, 7) is 6.77. The van der Waals surface area contributed by atoms with Crippen LogP contribution in [0.15, 0.2) is 30.6 Å². The predicted molar refractivity (Wildman–Crippen MR) is 68.4 cm³/mol. The molecule has 0 aromatic carbocycles. The Morgan fingerprint density at radius 2 is 1.88 bits per heavy atom. The molecule has 1 amide bonds. The summed E-state index contributed by atoms with van der Waals surface area (Å²) in [6.07, 6.45) is 6.88. The third kappa shape index (κ3) is 4.55. The van der Waals surface area contributed by atoms with Gasteiger partial charge in [0.05, 0.1) is 0 Å². The summed E-state index contributed by atoms with van der Waals surface area (Å²) in [6, 6.07) is 5.80. The van der Waals surface area contributed by atoms with Gasteiger partial charge in [0.15, 0.2) is 12.4 Å². The smallest absolute Gasteiger partial charge is 0.286 e. The Balaban J connectivity index is 2.54. The average molecular weight is 235 g/mol. The number of pyridine rings is 1. The fourth-order valence-electron chi connectivity index (χ4n) is 1.96. The van der Waals surface area contributed by atoms with E-state index in [1.165, 1.54) is 0 Å². The van der Waals surface area contributed by atoms with E-state index in [2.05, 4.69) is 26.1 Å². The highest BCUT2D eigenvalue weighted by molar-refractivity contribution is 5.75. The van der Waals surface area contributed by atoms with E-state index in [9.17, 15) is 4.79 Å². The SMILES string of the molecule is CCCC(C)(CC)NC(=O)C[n+]1ccccc1. The Hall–Kier alpha value is -1.38. The van der Waals surface area contributed by atoms with Crippen LogP contribution in [0.3, 0.4) is 0 Å². The van der Waals surface area contributed by atoms with Crippen molar-refractivity contribution in [3.05, 3.63) is 30.6 Å². The Morgan fingerprint density at radius 1 is 1.24 bits per heavy atom. The number of carbonyl (C=O) groups is 1. The summed E-state index contributed by atoms with van der Waals surface area (Å²) in [5, 5.41) is 3.13. The van der Waals surface area contributed by atoms with Gasteiger partial charge in [-0.25, -0.2) is 0 Å². The minimum Gasteiger partial charge on any atom is -0.345 e. The molecule has 0 saturated carbocycles. The quantitative estimate of drug-likeness (QED) is 0.752. The van der Waals surface area contributed by atoms with Crippen LogP contribution in [0.5, 0.6) is 0 Å². The molecule has 1 unspecified atom stereocenters. The van der Waals surface area contributed by atoms with Crippen molar-refractivity contribution in [1.29, 1.82) is 0 Å². The van der Waals surface area contributed by atoms with Gasteiger partial charge in [-0.15, -0.1) is 0 Å². The van der Waals surface area contributed by atoms with E-state index in [0.717, 1.165) is 19.3 Å². The number of nitrogens with zero attached hydrogens (tertiary/aromatic N) is 1. The van der Waals surface area contributed by atoms with Crippen molar-refractivity contribution in [3.8, 4) is 0 Å². The summed E-state index contributed by atoms with van der Waals surface area (Å²) in [5.41, 5.74) is -0.0683. The summed E-state index contributed by atoms with van der Waals surface area (Å²) < 4.78 is 1.89. The fraction of sp³-hybridized carbons (Fsp3) is 0.571. The van der Waals surface area contributed by atoms with Crippen LogP contribution < -0.4 is 9.88 Å². The van der Waals surface area contributed by atoms with Gasteiger partial charge in [-0.05, 0) is 19.8 Å². The van der Waals surface area contributed by atoms with Gasteiger partial charge in [-0.1, -0.05) is 26.3 Å². The lowest BCUT2D eigenvalue weighted by molar-refractivity contribution is -0.684. The highest BCUT2D eigenvalue weighted by Crippen LogP contribution is 2.15. The molecular formula is C14H23N2O+. The highest BCUT2D eigenvalue weighted by atomic mass is 16.2. The van der Waals surface area contributed by atoms with Gasteiger partial charge in [0.1, 0.15) is 0 Å². The van der Waals surface area contributed by atoms with Crippen molar-refractivity contribution in [2.45, 2.75) is 52.1 Å². The molecule has 17 heavy (non-hydrogen) atoms. The third-order valence-corrected chi connectivity index (χ3v) is 3.13. The summed E-state index contributed by atoms with van der Waals surface area (Å²) >= 11 is 0. The maximum atomic E-state index is 11.9. The molecule has 1 aromatic rings. The first-order valence-electron chi connectivity index (χ1n) is 6.34. The monoisotopic (exact) mass is 235 g/mol. The van der Waals surface area contributed by atoms with Crippen molar-refractivity contribution in [2.24, 2.45) is 0 Å². The number of nitrogens with one attached hydrogen (secondary N) is 1. The van der Waals surface area contributed by atoms with Crippen molar-refractivity contribution < 1.29 is 9.36 Å². The second-order valence-electron chi connectivity index (χ2n) is 4.76. The lowest BCUT2D eigenvalue weighted by Crippen LogP contribution is -2.51. The van der Waals surface area contributed by atoms with Crippen LogP contribution in [-0.4, -0.2) is 11.4 Å². The molecular weight excluding hydrogens is 212 g/mol. The Kier molecular flexibility index (Phi) is 5.13. The fourth-order valence-corrected chi connectivity index (χ4v) is 1.96. The van der Waals surface area contributed by atoms with Crippen LogP contribution >= 0.6 is 0 Å². The van der Waals surface area contributed by atoms with Crippen molar-refractivity contribution >= 4 is 5.91 Å². The predicted octanol–water partition coefficient (Wildman–Crippen LogP) is 2.06. The molecule has 1 atom stereocenters. The molecule has 1 aromatic heterocycles. The van der Waals surface area contributed by atoms with Gasteiger partial charge < -0.3 is 5.32 Å². The van der Waals surface area contributed by atoms with Crippen LogP contribution in [0.4, 0.5) is 0 Å². The molecule has 0 bridgehead atoms. The van der Waals surface area contributed by atoms with E-state index in [4.69, 9.17) is 0 Å². The molecule has 3 nitrogen and oxygen atoms in total. The first-order valence-corrected chi connectivity index (χ1v) is 6.34. The van der Waals surface area contributed by atoms with Gasteiger partial charge in [0.25, 0.3) is 5.91 Å². The first kappa shape index (κ1) is 13.7. The molecule has 1 rings (SSSR count). The second kappa shape index (κ2) is 6.38. The molecule has 0 fully saturated rings. The number of hydrogen-bond acceptors (Lipinski definition) is 1. The van der Waals surface area contributed by atoms with Gasteiger partial charge in [0.2, 0.25) is 6.54 Å². The normalized spacial score (nSPS) is 14.1. The van der Waals surface area contributed by atoms with E-state index >= 15 is 0 Å². The van der Waals surface area contributed by atoms with Gasteiger partial charge in [-0.3, -0.25) is 4.79 Å². The van der Waals surface area contributed by atoms with Crippen LogP contribution in [0, 0.1) is 0 Å². The van der Waals surface area contributed by atoms with Gasteiger partial charge >= 0.3 is 0 Å². The molecule has 0 aliphatic heterocycles. The minimum atomic E-state index is -0.0683. The topological polar surface area (TPSA) is 33.0 Å². The first-order chi connectivity index (χ1) is 8.09. The van der Waals surface area contributed by atoms with Crippen LogP contribution in [0.25, 0.3) is 0 Å². The number of hydrogen-bond donors (Lipinski definition) is 1. The molecule has 0 aliphatic carbocycles. The second-order valence-corrected chi connectivity index (χ2v) is 4.76. The van der Waals surface area contributed by atoms with Crippen LogP contribution in [0.2, 0.25) is 0 Å².